The van der Waals surface area contributed by atoms with E-state index < -0.39 is 0 Å². The number of ether oxygens (including phenoxy) is 2. The first kappa shape index (κ1) is 20.8. The quantitative estimate of drug-likeness (QED) is 0.385. The van der Waals surface area contributed by atoms with Crippen LogP contribution in [0.5, 0.6) is 11.5 Å². The molecule has 0 bridgehead atoms. The molecule has 0 aliphatic carbocycles. The van der Waals surface area contributed by atoms with Crippen molar-refractivity contribution in [2.24, 2.45) is 0 Å². The maximum atomic E-state index is 6.23. The fourth-order valence-corrected chi connectivity index (χ4v) is 3.84. The highest BCUT2D eigenvalue weighted by Gasteiger charge is 2.13. The highest BCUT2D eigenvalue weighted by Crippen LogP contribution is 2.38. The van der Waals surface area contributed by atoms with E-state index in [9.17, 15) is 0 Å². The van der Waals surface area contributed by atoms with Crippen molar-refractivity contribution in [3.8, 4) is 11.5 Å². The average molecular weight is 481 g/mol. The first-order chi connectivity index (χ1) is 13.5. The molecule has 3 aromatic rings. The van der Waals surface area contributed by atoms with Gasteiger partial charge in [0, 0.05) is 27.8 Å². The van der Waals surface area contributed by atoms with Crippen LogP contribution in [0.3, 0.4) is 0 Å². The van der Waals surface area contributed by atoms with Gasteiger partial charge < -0.3 is 14.8 Å². The van der Waals surface area contributed by atoms with Crippen LogP contribution in [0.4, 0.5) is 5.69 Å². The van der Waals surface area contributed by atoms with Crippen LogP contribution in [0.15, 0.2) is 59.1 Å². The van der Waals surface area contributed by atoms with Crippen molar-refractivity contribution in [1.29, 1.82) is 0 Å². The van der Waals surface area contributed by atoms with Gasteiger partial charge in [-0.3, -0.25) is 0 Å². The Morgan fingerprint density at radius 3 is 2.54 bits per heavy atom. The molecule has 0 heterocycles. The molecule has 1 N–H and O–H groups in total. The van der Waals surface area contributed by atoms with Gasteiger partial charge >= 0.3 is 0 Å². The van der Waals surface area contributed by atoms with Crippen LogP contribution in [0.25, 0.3) is 0 Å². The van der Waals surface area contributed by atoms with Gasteiger partial charge in [-0.15, -0.1) is 0 Å². The average Bonchev–Trinajstić information content (AvgIpc) is 2.67. The van der Waals surface area contributed by atoms with Crippen LogP contribution in [0.1, 0.15) is 16.7 Å². The molecule has 6 heteroatoms. The predicted molar refractivity (Wildman–Crippen MR) is 120 cm³/mol. The molecule has 0 amide bonds. The van der Waals surface area contributed by atoms with E-state index in [1.807, 2.05) is 30.3 Å². The molecular weight excluding hydrogens is 461 g/mol. The number of methoxy groups -OCH3 is 1. The zero-order chi connectivity index (χ0) is 20.1. The van der Waals surface area contributed by atoms with Gasteiger partial charge in [0.2, 0.25) is 0 Å². The van der Waals surface area contributed by atoms with Crippen LogP contribution < -0.4 is 14.8 Å². The number of hydrogen-bond acceptors (Lipinski definition) is 3. The molecule has 0 atom stereocenters. The van der Waals surface area contributed by atoms with Gasteiger partial charge in [0.15, 0.2) is 11.5 Å². The minimum Gasteiger partial charge on any atom is -0.493 e. The van der Waals surface area contributed by atoms with Gasteiger partial charge in [-0.05, 0) is 64.3 Å². The van der Waals surface area contributed by atoms with Crippen molar-refractivity contribution in [3.05, 3.63) is 85.8 Å². The van der Waals surface area contributed by atoms with E-state index in [4.69, 9.17) is 32.7 Å². The molecule has 0 aromatic heterocycles. The van der Waals surface area contributed by atoms with Crippen molar-refractivity contribution >= 4 is 44.8 Å². The summed E-state index contributed by atoms with van der Waals surface area (Å²) in [6.07, 6.45) is 0. The van der Waals surface area contributed by atoms with Crippen molar-refractivity contribution < 1.29 is 9.47 Å². The second-order valence-electron chi connectivity index (χ2n) is 6.30. The summed E-state index contributed by atoms with van der Waals surface area (Å²) in [4.78, 5) is 0. The molecule has 0 spiro atoms. The van der Waals surface area contributed by atoms with E-state index in [1.165, 1.54) is 5.56 Å². The Morgan fingerprint density at radius 2 is 1.82 bits per heavy atom. The predicted octanol–water partition coefficient (Wildman–Crippen LogP) is 7.26. The molecule has 3 aromatic carbocycles. The normalized spacial score (nSPS) is 10.6. The lowest BCUT2D eigenvalue weighted by molar-refractivity contribution is 0.282. The Balaban J connectivity index is 1.75. The minimum absolute atomic E-state index is 0.311. The molecule has 0 saturated heterocycles. The second kappa shape index (κ2) is 9.55. The number of nitrogens with one attached hydrogen (secondary N) is 1. The van der Waals surface area contributed by atoms with Crippen LogP contribution in [-0.4, -0.2) is 7.11 Å². The molecule has 0 saturated carbocycles. The largest absolute Gasteiger partial charge is 0.493 e. The lowest BCUT2D eigenvalue weighted by Gasteiger charge is -2.16. The number of anilines is 1. The monoisotopic (exact) mass is 479 g/mol. The van der Waals surface area contributed by atoms with Crippen LogP contribution in [-0.2, 0) is 13.2 Å². The summed E-state index contributed by atoms with van der Waals surface area (Å²) < 4.78 is 12.3. The van der Waals surface area contributed by atoms with Crippen molar-refractivity contribution in [2.75, 3.05) is 12.4 Å². The Hall–Kier alpha value is -1.88. The van der Waals surface area contributed by atoms with E-state index in [2.05, 4.69) is 40.3 Å². The number of benzene rings is 3. The fourth-order valence-electron chi connectivity index (χ4n) is 2.77. The second-order valence-corrected chi connectivity index (χ2v) is 8.00. The summed E-state index contributed by atoms with van der Waals surface area (Å²) in [5.41, 5.74) is 4.23. The van der Waals surface area contributed by atoms with Gasteiger partial charge in [-0.25, -0.2) is 0 Å². The Morgan fingerprint density at radius 1 is 1.04 bits per heavy atom. The number of hydrogen-bond donors (Lipinski definition) is 1. The first-order valence-electron chi connectivity index (χ1n) is 8.70. The summed E-state index contributed by atoms with van der Waals surface area (Å²) in [6.45, 7) is 3.06. The zero-order valence-electron chi connectivity index (χ0n) is 15.6. The van der Waals surface area contributed by atoms with Crippen LogP contribution in [0, 0.1) is 6.92 Å². The van der Waals surface area contributed by atoms with Crippen molar-refractivity contribution in [1.82, 2.24) is 0 Å². The van der Waals surface area contributed by atoms with Gasteiger partial charge in [0.05, 0.1) is 11.6 Å². The molecule has 0 fully saturated rings. The van der Waals surface area contributed by atoms with Crippen LogP contribution in [0.2, 0.25) is 10.0 Å². The number of para-hydroxylation sites is 1. The number of halogens is 3. The van der Waals surface area contributed by atoms with Crippen molar-refractivity contribution in [3.63, 3.8) is 0 Å². The van der Waals surface area contributed by atoms with E-state index in [0.29, 0.717) is 34.7 Å². The van der Waals surface area contributed by atoms with E-state index >= 15 is 0 Å². The number of rotatable bonds is 7. The molecule has 28 heavy (non-hydrogen) atoms. The molecule has 146 valence electrons. The third kappa shape index (κ3) is 5.13. The maximum Gasteiger partial charge on any atom is 0.175 e. The molecule has 0 aliphatic heterocycles. The molecule has 0 radical (unpaired) electrons. The molecule has 0 aliphatic rings. The van der Waals surface area contributed by atoms with E-state index in [-0.39, 0.29) is 0 Å². The Bertz CT molecular complexity index is 979. The fraction of sp³-hybridized carbons (Fsp3) is 0.182. The lowest BCUT2D eigenvalue weighted by Crippen LogP contribution is -2.03. The Kier molecular flexibility index (Phi) is 7.11. The molecular formula is C22H20BrCl2NO2. The first-order valence-corrected chi connectivity index (χ1v) is 10.3. The molecule has 0 unspecified atom stereocenters. The van der Waals surface area contributed by atoms with Gasteiger partial charge in [-0.1, -0.05) is 47.5 Å². The summed E-state index contributed by atoms with van der Waals surface area (Å²) >= 11 is 15.8. The van der Waals surface area contributed by atoms with E-state index in [0.717, 1.165) is 21.3 Å². The highest BCUT2D eigenvalue weighted by molar-refractivity contribution is 9.10. The van der Waals surface area contributed by atoms with Crippen molar-refractivity contribution in [2.45, 2.75) is 20.1 Å². The van der Waals surface area contributed by atoms with Crippen LogP contribution >= 0.6 is 39.1 Å². The topological polar surface area (TPSA) is 30.5 Å². The minimum atomic E-state index is 0.311. The summed E-state index contributed by atoms with van der Waals surface area (Å²) in [5.74, 6) is 1.29. The van der Waals surface area contributed by atoms with Gasteiger partial charge in [0.25, 0.3) is 0 Å². The van der Waals surface area contributed by atoms with E-state index in [1.54, 1.807) is 19.2 Å². The summed E-state index contributed by atoms with van der Waals surface area (Å²) in [7, 11) is 1.63. The summed E-state index contributed by atoms with van der Waals surface area (Å²) in [5, 5.41) is 4.62. The SMILES string of the molecule is COc1cc(CNc2ccccc2C)cc(Br)c1OCc1ccc(Cl)cc1Cl. The zero-order valence-corrected chi connectivity index (χ0v) is 18.7. The lowest BCUT2D eigenvalue weighted by atomic mass is 10.1. The Labute approximate surface area is 183 Å². The highest BCUT2D eigenvalue weighted by atomic mass is 79.9. The molecule has 3 rings (SSSR count). The smallest absolute Gasteiger partial charge is 0.175 e. The standard InChI is InChI=1S/C22H20BrCl2NO2/c1-14-5-3-4-6-20(14)26-12-15-9-18(23)22(21(10-15)27-2)28-13-16-7-8-17(24)11-19(16)25/h3-11,26H,12-13H2,1-2H3. The third-order valence-corrected chi connectivity index (χ3v) is 5.48. The third-order valence-electron chi connectivity index (χ3n) is 4.30. The number of aryl methyl sites for hydroxylation is 1. The van der Waals surface area contributed by atoms with Gasteiger partial charge in [0.1, 0.15) is 6.61 Å². The summed E-state index contributed by atoms with van der Waals surface area (Å²) in [6, 6.07) is 17.5. The molecule has 3 nitrogen and oxygen atoms in total. The van der Waals surface area contributed by atoms with Gasteiger partial charge in [-0.2, -0.15) is 0 Å². The maximum absolute atomic E-state index is 6.23.